The maximum Gasteiger partial charge on any atom is 0.307 e. The number of carboxylic acid groups (broad SMARTS) is 1. The van der Waals surface area contributed by atoms with Crippen molar-refractivity contribution in [1.82, 2.24) is 5.32 Å². The summed E-state index contributed by atoms with van der Waals surface area (Å²) in [6.45, 7) is 1.75. The number of carbonyl (C=O) groups excluding carboxylic acids is 1. The van der Waals surface area contributed by atoms with Gasteiger partial charge in [-0.3, -0.25) is 9.59 Å². The van der Waals surface area contributed by atoms with Crippen LogP contribution >= 0.6 is 0 Å². The third-order valence-electron chi connectivity index (χ3n) is 3.79. The van der Waals surface area contributed by atoms with Gasteiger partial charge in [-0.2, -0.15) is 0 Å². The number of amides is 1. The average molecular weight is 291 g/mol. The van der Waals surface area contributed by atoms with E-state index < -0.39 is 17.8 Å². The normalized spacial score (nSPS) is 22.6. The van der Waals surface area contributed by atoms with Gasteiger partial charge in [0.2, 0.25) is 5.91 Å². The minimum Gasteiger partial charge on any atom is -0.481 e. The fourth-order valence-electron chi connectivity index (χ4n) is 2.56. The molecule has 0 spiro atoms. The lowest BCUT2D eigenvalue weighted by molar-refractivity contribution is -0.147. The third kappa shape index (κ3) is 3.68. The van der Waals surface area contributed by atoms with E-state index in [1.807, 2.05) is 6.08 Å². The zero-order chi connectivity index (χ0) is 15.4. The molecule has 1 aliphatic rings. The van der Waals surface area contributed by atoms with Crippen molar-refractivity contribution < 1.29 is 19.1 Å². The Kier molecular flexibility index (Phi) is 4.73. The maximum atomic E-state index is 13.2. The summed E-state index contributed by atoms with van der Waals surface area (Å²) in [6, 6.07) is 5.64. The molecule has 0 fully saturated rings. The van der Waals surface area contributed by atoms with E-state index in [2.05, 4.69) is 5.32 Å². The van der Waals surface area contributed by atoms with Crippen LogP contribution in [0.3, 0.4) is 0 Å². The fraction of sp³-hybridized carbons (Fsp3) is 0.375. The first kappa shape index (κ1) is 15.2. The molecule has 0 aromatic heterocycles. The van der Waals surface area contributed by atoms with E-state index >= 15 is 0 Å². The minimum atomic E-state index is -0.960. The van der Waals surface area contributed by atoms with Crippen LogP contribution in [0.1, 0.15) is 31.4 Å². The van der Waals surface area contributed by atoms with Crippen LogP contribution in [0.5, 0.6) is 0 Å². The second kappa shape index (κ2) is 6.52. The van der Waals surface area contributed by atoms with Crippen LogP contribution in [-0.4, -0.2) is 17.0 Å². The van der Waals surface area contributed by atoms with Gasteiger partial charge in [0.15, 0.2) is 0 Å². The summed E-state index contributed by atoms with van der Waals surface area (Å²) in [5, 5.41) is 12.0. The Morgan fingerprint density at radius 3 is 2.57 bits per heavy atom. The first-order valence-corrected chi connectivity index (χ1v) is 6.92. The van der Waals surface area contributed by atoms with Gasteiger partial charge in [-0.25, -0.2) is 4.39 Å². The van der Waals surface area contributed by atoms with Gasteiger partial charge in [0, 0.05) is 0 Å². The SMILES string of the molecule is C[C@@H](NC(=O)[C@@H]1CC=CC[C@@H]1C(=O)O)c1cccc(F)c1. The van der Waals surface area contributed by atoms with E-state index in [0.717, 1.165) is 0 Å². The molecule has 0 saturated heterocycles. The number of carboxylic acids is 1. The third-order valence-corrected chi connectivity index (χ3v) is 3.79. The zero-order valence-electron chi connectivity index (χ0n) is 11.8. The van der Waals surface area contributed by atoms with Gasteiger partial charge in [-0.15, -0.1) is 0 Å². The van der Waals surface area contributed by atoms with Gasteiger partial charge >= 0.3 is 5.97 Å². The number of allylic oxidation sites excluding steroid dienone is 2. The Balaban J connectivity index is 2.06. The van der Waals surface area contributed by atoms with Gasteiger partial charge < -0.3 is 10.4 Å². The van der Waals surface area contributed by atoms with Crippen molar-refractivity contribution >= 4 is 11.9 Å². The molecule has 0 heterocycles. The largest absolute Gasteiger partial charge is 0.481 e. The van der Waals surface area contributed by atoms with Crippen molar-refractivity contribution in [3.63, 3.8) is 0 Å². The number of rotatable bonds is 4. The maximum absolute atomic E-state index is 13.2. The number of benzene rings is 1. The molecule has 2 N–H and O–H groups in total. The molecular formula is C16H18FNO3. The molecule has 1 amide bonds. The molecule has 0 aliphatic heterocycles. The van der Waals surface area contributed by atoms with Crippen molar-refractivity contribution in [2.75, 3.05) is 0 Å². The van der Waals surface area contributed by atoms with Crippen LogP contribution < -0.4 is 5.32 Å². The van der Waals surface area contributed by atoms with Crippen LogP contribution in [0.2, 0.25) is 0 Å². The lowest BCUT2D eigenvalue weighted by Crippen LogP contribution is -2.39. The topological polar surface area (TPSA) is 66.4 Å². The van der Waals surface area contributed by atoms with Crippen molar-refractivity contribution in [2.24, 2.45) is 11.8 Å². The minimum absolute atomic E-state index is 0.302. The number of halogens is 1. The highest BCUT2D eigenvalue weighted by atomic mass is 19.1. The highest BCUT2D eigenvalue weighted by molar-refractivity contribution is 5.85. The van der Waals surface area contributed by atoms with E-state index in [0.29, 0.717) is 18.4 Å². The van der Waals surface area contributed by atoms with Gasteiger partial charge in [-0.05, 0) is 37.5 Å². The Morgan fingerprint density at radius 2 is 1.95 bits per heavy atom. The Morgan fingerprint density at radius 1 is 1.29 bits per heavy atom. The summed E-state index contributed by atoms with van der Waals surface area (Å²) in [5.41, 5.74) is 0.654. The van der Waals surface area contributed by atoms with Crippen LogP contribution in [0.15, 0.2) is 36.4 Å². The Hall–Kier alpha value is -2.17. The number of carbonyl (C=O) groups is 2. The zero-order valence-corrected chi connectivity index (χ0v) is 11.8. The van der Waals surface area contributed by atoms with E-state index in [1.165, 1.54) is 12.1 Å². The highest BCUT2D eigenvalue weighted by Crippen LogP contribution is 2.27. The molecule has 5 heteroatoms. The van der Waals surface area contributed by atoms with E-state index in [1.54, 1.807) is 25.1 Å². The number of hydrogen-bond acceptors (Lipinski definition) is 2. The van der Waals surface area contributed by atoms with Gasteiger partial charge in [-0.1, -0.05) is 24.3 Å². The number of hydrogen-bond donors (Lipinski definition) is 2. The predicted molar refractivity (Wildman–Crippen MR) is 75.9 cm³/mol. The smallest absolute Gasteiger partial charge is 0.307 e. The van der Waals surface area contributed by atoms with Crippen molar-refractivity contribution in [1.29, 1.82) is 0 Å². The molecule has 112 valence electrons. The lowest BCUT2D eigenvalue weighted by atomic mass is 9.82. The van der Waals surface area contributed by atoms with Crippen LogP contribution in [0.4, 0.5) is 4.39 Å². The molecular weight excluding hydrogens is 273 g/mol. The van der Waals surface area contributed by atoms with E-state index in [-0.39, 0.29) is 17.8 Å². The molecule has 4 nitrogen and oxygen atoms in total. The molecule has 0 bridgehead atoms. The molecule has 21 heavy (non-hydrogen) atoms. The average Bonchev–Trinajstić information content (AvgIpc) is 2.47. The van der Waals surface area contributed by atoms with Crippen molar-refractivity contribution in [3.8, 4) is 0 Å². The van der Waals surface area contributed by atoms with E-state index in [4.69, 9.17) is 0 Å². The number of aliphatic carboxylic acids is 1. The summed E-state index contributed by atoms with van der Waals surface area (Å²) in [4.78, 5) is 23.5. The quantitative estimate of drug-likeness (QED) is 0.838. The van der Waals surface area contributed by atoms with Crippen molar-refractivity contribution in [3.05, 3.63) is 47.8 Å². The molecule has 0 unspecified atom stereocenters. The Labute approximate surface area is 122 Å². The molecule has 1 aromatic rings. The molecule has 1 aromatic carbocycles. The summed E-state index contributed by atoms with van der Waals surface area (Å²) >= 11 is 0. The second-order valence-corrected chi connectivity index (χ2v) is 5.28. The molecule has 0 saturated carbocycles. The summed E-state index contributed by atoms with van der Waals surface area (Å²) in [7, 11) is 0. The summed E-state index contributed by atoms with van der Waals surface area (Å²) < 4.78 is 13.2. The molecule has 1 aliphatic carbocycles. The Bertz CT molecular complexity index is 570. The second-order valence-electron chi connectivity index (χ2n) is 5.28. The molecule has 2 rings (SSSR count). The predicted octanol–water partition coefficient (Wildman–Crippen LogP) is 2.67. The summed E-state index contributed by atoms with van der Waals surface area (Å²) in [5.74, 6) is -2.91. The monoisotopic (exact) mass is 291 g/mol. The van der Waals surface area contributed by atoms with E-state index in [9.17, 15) is 19.1 Å². The van der Waals surface area contributed by atoms with Crippen LogP contribution in [0.25, 0.3) is 0 Å². The van der Waals surface area contributed by atoms with Crippen LogP contribution in [0, 0.1) is 17.7 Å². The van der Waals surface area contributed by atoms with Crippen LogP contribution in [-0.2, 0) is 9.59 Å². The van der Waals surface area contributed by atoms with Gasteiger partial charge in [0.1, 0.15) is 5.82 Å². The number of nitrogens with one attached hydrogen (secondary N) is 1. The first-order valence-electron chi connectivity index (χ1n) is 6.92. The molecule has 0 radical (unpaired) electrons. The van der Waals surface area contributed by atoms with Crippen molar-refractivity contribution in [2.45, 2.75) is 25.8 Å². The van der Waals surface area contributed by atoms with Gasteiger partial charge in [0.05, 0.1) is 17.9 Å². The standard InChI is InChI=1S/C16H18FNO3/c1-10(11-5-4-6-12(17)9-11)18-15(19)13-7-2-3-8-14(13)16(20)21/h2-6,9-10,13-14H,7-8H2,1H3,(H,18,19)(H,20,21)/t10-,13-,14+/m1/s1. The first-order chi connectivity index (χ1) is 9.99. The summed E-state index contributed by atoms with van der Waals surface area (Å²) in [6.07, 6.45) is 4.40. The molecule has 3 atom stereocenters. The highest BCUT2D eigenvalue weighted by Gasteiger charge is 2.34. The fourth-order valence-corrected chi connectivity index (χ4v) is 2.56. The van der Waals surface area contributed by atoms with Gasteiger partial charge in [0.25, 0.3) is 0 Å². The lowest BCUT2D eigenvalue weighted by Gasteiger charge is -2.26.